The number of carbonyl (C=O) groups excluding carboxylic acids is 2. The van der Waals surface area contributed by atoms with Gasteiger partial charge in [0.05, 0.1) is 16.8 Å². The van der Waals surface area contributed by atoms with Crippen LogP contribution in [0.2, 0.25) is 5.02 Å². The lowest BCUT2D eigenvalue weighted by Crippen LogP contribution is -2.30. The second kappa shape index (κ2) is 12.5. The first-order chi connectivity index (χ1) is 18.9. The van der Waals surface area contributed by atoms with Gasteiger partial charge >= 0.3 is 5.97 Å². The topological polar surface area (TPSA) is 68.3 Å². The third-order valence-corrected chi connectivity index (χ3v) is 7.33. The molecule has 1 heterocycles. The smallest absolute Gasteiger partial charge is 0.306 e. The van der Waals surface area contributed by atoms with E-state index in [0.29, 0.717) is 33.5 Å². The number of esters is 1. The lowest BCUT2D eigenvalue weighted by atomic mass is 9.93. The molecule has 1 unspecified atom stereocenters. The van der Waals surface area contributed by atoms with Gasteiger partial charge in [-0.2, -0.15) is 0 Å². The lowest BCUT2D eigenvalue weighted by Gasteiger charge is -2.23. The number of benzene rings is 3. The number of nitrogens with zero attached hydrogens (tertiary/aromatic N) is 1. The first kappa shape index (κ1) is 29.7. The van der Waals surface area contributed by atoms with Crippen molar-refractivity contribution < 1.29 is 18.7 Å². The van der Waals surface area contributed by atoms with Gasteiger partial charge in [-0.15, -0.1) is 0 Å². The van der Waals surface area contributed by atoms with Gasteiger partial charge in [0.2, 0.25) is 0 Å². The second-order valence-electron chi connectivity index (χ2n) is 10.7. The zero-order valence-electron chi connectivity index (χ0n) is 22.9. The molecule has 1 atom stereocenters. The summed E-state index contributed by atoms with van der Waals surface area (Å²) in [6, 6.07) is 19.5. The molecular weight excluding hydrogens is 595 g/mol. The fourth-order valence-electron chi connectivity index (χ4n) is 4.68. The number of rotatable bonds is 8. The summed E-state index contributed by atoms with van der Waals surface area (Å²) in [7, 11) is 0. The van der Waals surface area contributed by atoms with E-state index in [4.69, 9.17) is 21.3 Å². The van der Waals surface area contributed by atoms with Gasteiger partial charge in [0, 0.05) is 39.3 Å². The van der Waals surface area contributed by atoms with Crippen LogP contribution < -0.4 is 5.32 Å². The van der Waals surface area contributed by atoms with E-state index in [-0.39, 0.29) is 24.8 Å². The van der Waals surface area contributed by atoms with Crippen molar-refractivity contribution in [2.24, 2.45) is 0 Å². The first-order valence-electron chi connectivity index (χ1n) is 13.0. The van der Waals surface area contributed by atoms with Crippen LogP contribution in [-0.4, -0.2) is 29.0 Å². The molecule has 40 heavy (non-hydrogen) atoms. The van der Waals surface area contributed by atoms with Crippen LogP contribution >= 0.6 is 27.5 Å². The molecular formula is C32H31BrClFN2O3. The van der Waals surface area contributed by atoms with Gasteiger partial charge in [-0.1, -0.05) is 57.9 Å². The highest BCUT2D eigenvalue weighted by atomic mass is 79.9. The van der Waals surface area contributed by atoms with Gasteiger partial charge in [0.1, 0.15) is 11.4 Å². The maximum absolute atomic E-state index is 14.2. The van der Waals surface area contributed by atoms with Crippen LogP contribution in [0.15, 0.2) is 71.2 Å². The number of halogens is 3. The third kappa shape index (κ3) is 7.26. The van der Waals surface area contributed by atoms with Gasteiger partial charge in [-0.3, -0.25) is 9.59 Å². The van der Waals surface area contributed by atoms with E-state index in [1.165, 1.54) is 18.2 Å². The minimum absolute atomic E-state index is 0.0902. The Balaban J connectivity index is 1.67. The van der Waals surface area contributed by atoms with Crippen LogP contribution in [0.5, 0.6) is 0 Å². The monoisotopic (exact) mass is 624 g/mol. The van der Waals surface area contributed by atoms with E-state index in [1.807, 2.05) is 55.5 Å². The Morgan fingerprint density at radius 1 is 1.07 bits per heavy atom. The fraction of sp³-hybridized carbons (Fsp3) is 0.281. The number of hydrogen-bond donors (Lipinski definition) is 1. The molecule has 0 radical (unpaired) electrons. The summed E-state index contributed by atoms with van der Waals surface area (Å²) in [4.78, 5) is 31.2. The molecule has 0 aliphatic rings. The Morgan fingerprint density at radius 3 is 2.50 bits per heavy atom. The maximum Gasteiger partial charge on any atom is 0.306 e. The van der Waals surface area contributed by atoms with Crippen LogP contribution in [0.4, 0.5) is 4.39 Å². The molecule has 4 rings (SSSR count). The molecule has 208 valence electrons. The summed E-state index contributed by atoms with van der Waals surface area (Å²) in [5.74, 6) is -1.53. The normalized spacial score (nSPS) is 12.3. The molecule has 8 heteroatoms. The Bertz CT molecular complexity index is 1550. The van der Waals surface area contributed by atoms with E-state index in [2.05, 4.69) is 21.2 Å². The zero-order chi connectivity index (χ0) is 29.0. The minimum Gasteiger partial charge on any atom is -0.460 e. The van der Waals surface area contributed by atoms with Crippen LogP contribution in [0.25, 0.3) is 22.2 Å². The summed E-state index contributed by atoms with van der Waals surface area (Å²) in [5, 5.41) is 4.11. The van der Waals surface area contributed by atoms with Crippen LogP contribution in [0.3, 0.4) is 0 Å². The predicted molar refractivity (Wildman–Crippen MR) is 161 cm³/mol. The largest absolute Gasteiger partial charge is 0.460 e. The Labute approximate surface area is 247 Å². The first-order valence-corrected chi connectivity index (χ1v) is 14.2. The Morgan fingerprint density at radius 2 is 1.80 bits per heavy atom. The summed E-state index contributed by atoms with van der Waals surface area (Å²) >= 11 is 9.96. The van der Waals surface area contributed by atoms with Crippen LogP contribution in [-0.2, 0) is 9.53 Å². The Kier molecular flexibility index (Phi) is 9.26. The average molecular weight is 626 g/mol. The standard InChI is InChI=1S/C32H31BrClFN2O3/c1-19-29(25-16-22(33)11-14-27(25)37-30(19)20-8-6-5-7-9-20)31(39)36-18-21(10-15-28(38)40-32(2,3)4)24-17-23(35)12-13-26(24)34/h5-9,11-14,16-17,21H,10,15,18H2,1-4H3,(H,36,39). The highest BCUT2D eigenvalue weighted by Gasteiger charge is 2.24. The molecule has 5 nitrogen and oxygen atoms in total. The van der Waals surface area contributed by atoms with E-state index >= 15 is 0 Å². The number of ether oxygens (including phenoxy) is 1. The number of amides is 1. The van der Waals surface area contributed by atoms with Gasteiger partial charge < -0.3 is 10.1 Å². The molecule has 4 aromatic rings. The van der Waals surface area contributed by atoms with Crippen molar-refractivity contribution in [2.75, 3.05) is 6.54 Å². The molecule has 0 spiro atoms. The lowest BCUT2D eigenvalue weighted by molar-refractivity contribution is -0.155. The molecule has 1 amide bonds. The molecule has 0 bridgehead atoms. The number of pyridine rings is 1. The molecule has 0 aliphatic carbocycles. The van der Waals surface area contributed by atoms with Crippen LogP contribution in [0.1, 0.15) is 61.0 Å². The zero-order valence-corrected chi connectivity index (χ0v) is 25.2. The van der Waals surface area contributed by atoms with Crippen molar-refractivity contribution in [3.05, 3.63) is 98.7 Å². The van der Waals surface area contributed by atoms with Crippen LogP contribution in [0, 0.1) is 12.7 Å². The maximum atomic E-state index is 14.2. The van der Waals surface area contributed by atoms with Gasteiger partial charge in [0.15, 0.2) is 0 Å². The summed E-state index contributed by atoms with van der Waals surface area (Å²) in [5.41, 5.74) is 3.45. The molecule has 0 saturated heterocycles. The van der Waals surface area contributed by atoms with Crippen molar-refractivity contribution in [3.8, 4) is 11.3 Å². The highest BCUT2D eigenvalue weighted by Crippen LogP contribution is 2.32. The fourth-order valence-corrected chi connectivity index (χ4v) is 5.32. The van der Waals surface area contributed by atoms with E-state index in [1.54, 1.807) is 20.8 Å². The molecule has 3 aromatic carbocycles. The number of nitrogens with one attached hydrogen (secondary N) is 1. The third-order valence-electron chi connectivity index (χ3n) is 6.49. The number of aromatic nitrogens is 1. The number of fused-ring (bicyclic) bond motifs is 1. The average Bonchev–Trinajstić information content (AvgIpc) is 2.89. The second-order valence-corrected chi connectivity index (χ2v) is 12.0. The minimum atomic E-state index is -0.623. The van der Waals surface area contributed by atoms with Crippen molar-refractivity contribution in [3.63, 3.8) is 0 Å². The number of carbonyl (C=O) groups is 2. The van der Waals surface area contributed by atoms with Gasteiger partial charge in [-0.05, 0) is 81.6 Å². The van der Waals surface area contributed by atoms with E-state index in [9.17, 15) is 14.0 Å². The summed E-state index contributed by atoms with van der Waals surface area (Å²) in [6.07, 6.45) is 0.405. The molecule has 0 saturated carbocycles. The van der Waals surface area contributed by atoms with Crippen molar-refractivity contribution in [1.82, 2.24) is 10.3 Å². The highest BCUT2D eigenvalue weighted by molar-refractivity contribution is 9.10. The summed E-state index contributed by atoms with van der Waals surface area (Å²) in [6.45, 7) is 7.43. The van der Waals surface area contributed by atoms with Crippen molar-refractivity contribution in [2.45, 2.75) is 52.1 Å². The molecule has 1 aromatic heterocycles. The predicted octanol–water partition coefficient (Wildman–Crippen LogP) is 8.40. The van der Waals surface area contributed by atoms with Crippen molar-refractivity contribution in [1.29, 1.82) is 0 Å². The van der Waals surface area contributed by atoms with Gasteiger partial charge in [-0.25, -0.2) is 9.37 Å². The van der Waals surface area contributed by atoms with E-state index in [0.717, 1.165) is 21.3 Å². The number of hydrogen-bond acceptors (Lipinski definition) is 4. The molecule has 0 fully saturated rings. The molecule has 1 N–H and O–H groups in total. The van der Waals surface area contributed by atoms with Crippen molar-refractivity contribution >= 4 is 50.3 Å². The SMILES string of the molecule is Cc1c(-c2ccccc2)nc2ccc(Br)cc2c1C(=O)NCC(CCC(=O)OC(C)(C)C)c1cc(F)ccc1Cl. The summed E-state index contributed by atoms with van der Waals surface area (Å²) < 4.78 is 20.5. The van der Waals surface area contributed by atoms with E-state index < -0.39 is 17.3 Å². The quantitative estimate of drug-likeness (QED) is 0.200. The Hall–Kier alpha value is -3.29. The molecule has 0 aliphatic heterocycles. The van der Waals surface area contributed by atoms with Gasteiger partial charge in [0.25, 0.3) is 5.91 Å².